The lowest BCUT2D eigenvalue weighted by Gasteiger charge is -2.34. The first kappa shape index (κ1) is 14.3. The first-order valence-electron chi connectivity index (χ1n) is 5.76. The highest BCUT2D eigenvalue weighted by atomic mass is 79.9. The van der Waals surface area contributed by atoms with Crippen LogP contribution in [0.5, 0.6) is 0 Å². The van der Waals surface area contributed by atoms with E-state index in [0.717, 1.165) is 0 Å². The lowest BCUT2D eigenvalue weighted by atomic mass is 10.1. The normalized spacial score (nSPS) is 19.3. The summed E-state index contributed by atoms with van der Waals surface area (Å²) in [7, 11) is 0. The van der Waals surface area contributed by atoms with Gasteiger partial charge in [0, 0.05) is 29.1 Å². The molecule has 0 saturated carbocycles. The molecule has 1 heterocycles. The van der Waals surface area contributed by atoms with Crippen molar-refractivity contribution in [3.63, 3.8) is 0 Å². The van der Waals surface area contributed by atoms with Crippen molar-refractivity contribution in [3.05, 3.63) is 33.3 Å². The summed E-state index contributed by atoms with van der Waals surface area (Å²) in [6.07, 6.45) is 0. The van der Waals surface area contributed by atoms with E-state index < -0.39 is 11.9 Å². The lowest BCUT2D eigenvalue weighted by Crippen LogP contribution is -2.58. The first-order valence-corrected chi connectivity index (χ1v) is 6.94. The summed E-state index contributed by atoms with van der Waals surface area (Å²) in [5.74, 6) is -0.737. The van der Waals surface area contributed by atoms with E-state index in [-0.39, 0.29) is 5.91 Å². The van der Waals surface area contributed by atoms with Crippen molar-refractivity contribution in [2.45, 2.75) is 6.04 Å². The average molecular weight is 347 g/mol. The maximum atomic E-state index is 12.5. The van der Waals surface area contributed by atoms with Crippen LogP contribution < -0.4 is 11.1 Å². The quantitative estimate of drug-likeness (QED) is 0.839. The Kier molecular flexibility index (Phi) is 4.44. The Morgan fingerprint density at radius 2 is 2.21 bits per heavy atom. The summed E-state index contributed by atoms with van der Waals surface area (Å²) < 4.78 is 0.603. The van der Waals surface area contributed by atoms with E-state index in [1.807, 2.05) is 0 Å². The van der Waals surface area contributed by atoms with Gasteiger partial charge in [0.1, 0.15) is 6.04 Å². The van der Waals surface area contributed by atoms with Gasteiger partial charge in [-0.2, -0.15) is 0 Å². The molecule has 1 aliphatic heterocycles. The molecule has 2 amide bonds. The molecule has 19 heavy (non-hydrogen) atoms. The molecule has 1 aromatic carbocycles. The number of primary amides is 1. The smallest absolute Gasteiger partial charge is 0.255 e. The number of nitrogens with two attached hydrogens (primary N) is 1. The fraction of sp³-hybridized carbons (Fsp3) is 0.333. The van der Waals surface area contributed by atoms with Crippen LogP contribution in [0.4, 0.5) is 0 Å². The van der Waals surface area contributed by atoms with Gasteiger partial charge in [-0.15, -0.1) is 0 Å². The summed E-state index contributed by atoms with van der Waals surface area (Å²) in [6.45, 7) is 1.47. The zero-order valence-electron chi connectivity index (χ0n) is 10.0. The molecule has 5 nitrogen and oxygen atoms in total. The Bertz CT molecular complexity index is 524. The summed E-state index contributed by atoms with van der Waals surface area (Å²) in [4.78, 5) is 25.4. The molecule has 2 rings (SSSR count). The number of hydrogen-bond acceptors (Lipinski definition) is 3. The van der Waals surface area contributed by atoms with Gasteiger partial charge in [-0.1, -0.05) is 11.6 Å². The molecule has 3 N–H and O–H groups in total. The molecule has 0 aliphatic carbocycles. The van der Waals surface area contributed by atoms with E-state index in [1.165, 1.54) is 4.90 Å². The minimum absolute atomic E-state index is 0.228. The van der Waals surface area contributed by atoms with Crippen molar-refractivity contribution < 1.29 is 9.59 Å². The second-order valence-corrected chi connectivity index (χ2v) is 5.54. The minimum atomic E-state index is -0.621. The van der Waals surface area contributed by atoms with E-state index in [2.05, 4.69) is 21.2 Å². The van der Waals surface area contributed by atoms with Crippen LogP contribution >= 0.6 is 27.5 Å². The van der Waals surface area contributed by atoms with Crippen molar-refractivity contribution >= 4 is 39.3 Å². The molecule has 1 atom stereocenters. The molecule has 1 aliphatic rings. The molecule has 1 fully saturated rings. The number of carbonyl (C=O) groups excluding carboxylic acids is 2. The monoisotopic (exact) mass is 345 g/mol. The predicted octanol–water partition coefficient (Wildman–Crippen LogP) is 1.00. The number of rotatable bonds is 2. The second kappa shape index (κ2) is 5.90. The van der Waals surface area contributed by atoms with Gasteiger partial charge in [-0.3, -0.25) is 9.59 Å². The molecule has 1 aromatic rings. The Hall–Kier alpha value is -1.11. The molecule has 0 spiro atoms. The summed E-state index contributed by atoms with van der Waals surface area (Å²) >= 11 is 9.16. The van der Waals surface area contributed by atoms with Crippen LogP contribution in [0, 0.1) is 0 Å². The van der Waals surface area contributed by atoms with Gasteiger partial charge in [0.15, 0.2) is 0 Å². The van der Waals surface area contributed by atoms with Crippen LogP contribution in [-0.2, 0) is 4.79 Å². The van der Waals surface area contributed by atoms with Crippen LogP contribution in [-0.4, -0.2) is 42.4 Å². The molecule has 102 valence electrons. The molecular formula is C12H13BrClN3O2. The Balaban J connectivity index is 2.28. The van der Waals surface area contributed by atoms with Crippen LogP contribution in [0.1, 0.15) is 10.4 Å². The van der Waals surface area contributed by atoms with Crippen LogP contribution in [0.3, 0.4) is 0 Å². The van der Waals surface area contributed by atoms with E-state index in [0.29, 0.717) is 34.7 Å². The molecule has 0 radical (unpaired) electrons. The molecular weight excluding hydrogens is 334 g/mol. The molecule has 7 heteroatoms. The zero-order valence-corrected chi connectivity index (χ0v) is 12.4. The molecule has 0 aromatic heterocycles. The van der Waals surface area contributed by atoms with E-state index in [9.17, 15) is 9.59 Å². The third-order valence-electron chi connectivity index (χ3n) is 2.99. The van der Waals surface area contributed by atoms with Crippen molar-refractivity contribution in [3.8, 4) is 0 Å². The van der Waals surface area contributed by atoms with Gasteiger partial charge in [0.2, 0.25) is 5.91 Å². The largest absolute Gasteiger partial charge is 0.368 e. The Morgan fingerprint density at radius 1 is 1.47 bits per heavy atom. The molecule has 0 bridgehead atoms. The van der Waals surface area contributed by atoms with Crippen molar-refractivity contribution in [1.29, 1.82) is 0 Å². The highest BCUT2D eigenvalue weighted by Gasteiger charge is 2.31. The highest BCUT2D eigenvalue weighted by Crippen LogP contribution is 2.23. The molecule has 1 unspecified atom stereocenters. The van der Waals surface area contributed by atoms with Gasteiger partial charge in [0.05, 0.1) is 5.56 Å². The van der Waals surface area contributed by atoms with E-state index in [1.54, 1.807) is 18.2 Å². The maximum Gasteiger partial charge on any atom is 0.255 e. The Labute approximate surface area is 124 Å². The second-order valence-electron chi connectivity index (χ2n) is 4.25. The van der Waals surface area contributed by atoms with E-state index >= 15 is 0 Å². The predicted molar refractivity (Wildman–Crippen MR) is 76.0 cm³/mol. The fourth-order valence-electron chi connectivity index (χ4n) is 2.02. The first-order chi connectivity index (χ1) is 9.00. The van der Waals surface area contributed by atoms with Gasteiger partial charge in [-0.25, -0.2) is 0 Å². The average Bonchev–Trinajstić information content (AvgIpc) is 2.38. The Morgan fingerprint density at radius 3 is 2.84 bits per heavy atom. The van der Waals surface area contributed by atoms with Gasteiger partial charge in [-0.05, 0) is 34.1 Å². The highest BCUT2D eigenvalue weighted by molar-refractivity contribution is 9.10. The van der Waals surface area contributed by atoms with Gasteiger partial charge >= 0.3 is 0 Å². The number of piperazine rings is 1. The fourth-order valence-corrected chi connectivity index (χ4v) is 2.87. The minimum Gasteiger partial charge on any atom is -0.368 e. The third-order valence-corrected chi connectivity index (χ3v) is 3.89. The SMILES string of the molecule is NC(=O)C1CNCCN1C(=O)c1ccc(Cl)cc1Br. The summed E-state index contributed by atoms with van der Waals surface area (Å²) in [5, 5.41) is 3.59. The van der Waals surface area contributed by atoms with Crippen molar-refractivity contribution in [1.82, 2.24) is 10.2 Å². The number of nitrogens with one attached hydrogen (secondary N) is 1. The van der Waals surface area contributed by atoms with Crippen LogP contribution in [0.25, 0.3) is 0 Å². The number of benzene rings is 1. The van der Waals surface area contributed by atoms with Gasteiger partial charge < -0.3 is 16.0 Å². The lowest BCUT2D eigenvalue weighted by molar-refractivity contribution is -0.122. The molecule has 1 saturated heterocycles. The zero-order chi connectivity index (χ0) is 14.0. The number of hydrogen-bond donors (Lipinski definition) is 2. The summed E-state index contributed by atoms with van der Waals surface area (Å²) in [6, 6.07) is 4.30. The number of halogens is 2. The number of amides is 2. The maximum absolute atomic E-state index is 12.5. The van der Waals surface area contributed by atoms with Crippen molar-refractivity contribution in [2.75, 3.05) is 19.6 Å². The number of nitrogens with zero attached hydrogens (tertiary/aromatic N) is 1. The topological polar surface area (TPSA) is 75.4 Å². The van der Waals surface area contributed by atoms with Crippen LogP contribution in [0.15, 0.2) is 22.7 Å². The van der Waals surface area contributed by atoms with Crippen LogP contribution in [0.2, 0.25) is 5.02 Å². The summed E-state index contributed by atoms with van der Waals surface area (Å²) in [5.41, 5.74) is 5.80. The standard InChI is InChI=1S/C12H13BrClN3O2/c13-9-5-7(14)1-2-8(9)12(19)17-4-3-16-6-10(17)11(15)18/h1-2,5,10,16H,3-4,6H2,(H2,15,18). The third kappa shape index (κ3) is 3.08. The van der Waals surface area contributed by atoms with Crippen molar-refractivity contribution in [2.24, 2.45) is 5.73 Å². The number of carbonyl (C=O) groups is 2. The van der Waals surface area contributed by atoms with E-state index in [4.69, 9.17) is 17.3 Å². The van der Waals surface area contributed by atoms with Gasteiger partial charge in [0.25, 0.3) is 5.91 Å².